The maximum Gasteiger partial charge on any atom is 0.211 e. The molecule has 4 rings (SSSR count). The van der Waals surface area contributed by atoms with Gasteiger partial charge in [-0.3, -0.25) is 9.69 Å². The Morgan fingerprint density at radius 2 is 1.85 bits per heavy atom. The molecule has 1 N–H and O–H groups in total. The number of hydrogen-bond acceptors (Lipinski definition) is 5. The van der Waals surface area contributed by atoms with Crippen LogP contribution in [0.5, 0.6) is 5.75 Å². The molecule has 0 radical (unpaired) electrons. The Bertz CT molecular complexity index is 1050. The zero-order chi connectivity index (χ0) is 19.0. The summed E-state index contributed by atoms with van der Waals surface area (Å²) in [6, 6.07) is 9.75. The van der Waals surface area contributed by atoms with Crippen LogP contribution in [0.3, 0.4) is 0 Å². The minimum Gasteiger partial charge on any atom is -0.507 e. The molecule has 5 nitrogen and oxygen atoms in total. The van der Waals surface area contributed by atoms with E-state index < -0.39 is 0 Å². The van der Waals surface area contributed by atoms with E-state index in [-0.39, 0.29) is 22.0 Å². The molecule has 140 valence electrons. The molecule has 2 aromatic carbocycles. The van der Waals surface area contributed by atoms with Crippen molar-refractivity contribution in [2.24, 2.45) is 0 Å². The second-order valence-electron chi connectivity index (χ2n) is 6.57. The zero-order valence-electron chi connectivity index (χ0n) is 14.5. The Morgan fingerprint density at radius 3 is 2.59 bits per heavy atom. The summed E-state index contributed by atoms with van der Waals surface area (Å²) in [6.07, 6.45) is 1.20. The first-order chi connectivity index (χ1) is 13.0. The van der Waals surface area contributed by atoms with Gasteiger partial charge in [-0.1, -0.05) is 23.7 Å². The average molecular weight is 389 g/mol. The lowest BCUT2D eigenvalue weighted by Gasteiger charge is -2.36. The highest BCUT2D eigenvalue weighted by molar-refractivity contribution is 6.30. The van der Waals surface area contributed by atoms with Crippen LogP contribution >= 0.6 is 11.6 Å². The molecule has 0 saturated carbocycles. The van der Waals surface area contributed by atoms with Crippen molar-refractivity contribution < 1.29 is 13.9 Å². The Labute approximate surface area is 160 Å². The first kappa shape index (κ1) is 17.8. The highest BCUT2D eigenvalue weighted by Gasteiger charge is 2.22. The van der Waals surface area contributed by atoms with Gasteiger partial charge < -0.3 is 14.4 Å². The molecule has 3 aromatic rings. The number of fused-ring (bicyclic) bond motifs is 1. The molecular weight excluding hydrogens is 371 g/mol. The van der Waals surface area contributed by atoms with Gasteiger partial charge in [0.1, 0.15) is 28.4 Å². The van der Waals surface area contributed by atoms with Gasteiger partial charge in [0, 0.05) is 32.7 Å². The minimum absolute atomic E-state index is 0.0117. The van der Waals surface area contributed by atoms with Crippen LogP contribution in [0.1, 0.15) is 5.56 Å². The maximum absolute atomic E-state index is 14.0. The Morgan fingerprint density at radius 1 is 1.11 bits per heavy atom. The number of benzene rings is 2. The molecule has 0 aliphatic carbocycles. The lowest BCUT2D eigenvalue weighted by atomic mass is 10.1. The van der Waals surface area contributed by atoms with Crippen molar-refractivity contribution in [2.45, 2.75) is 6.54 Å². The van der Waals surface area contributed by atoms with E-state index in [4.69, 9.17) is 16.0 Å². The lowest BCUT2D eigenvalue weighted by Crippen LogP contribution is -2.46. The number of nitrogens with zero attached hydrogens (tertiary/aromatic N) is 2. The van der Waals surface area contributed by atoms with E-state index in [2.05, 4.69) is 4.90 Å². The zero-order valence-corrected chi connectivity index (χ0v) is 15.2. The lowest BCUT2D eigenvalue weighted by molar-refractivity contribution is 0.246. The van der Waals surface area contributed by atoms with Crippen LogP contribution in [-0.4, -0.2) is 36.2 Å². The number of aromatic hydroxyl groups is 1. The number of hydrogen-bond donors (Lipinski definition) is 1. The van der Waals surface area contributed by atoms with Crippen molar-refractivity contribution in [1.29, 1.82) is 0 Å². The van der Waals surface area contributed by atoms with Gasteiger partial charge in [-0.2, -0.15) is 0 Å². The molecule has 0 atom stereocenters. The average Bonchev–Trinajstić information content (AvgIpc) is 2.68. The van der Waals surface area contributed by atoms with Crippen molar-refractivity contribution in [3.8, 4) is 5.75 Å². The summed E-state index contributed by atoms with van der Waals surface area (Å²) in [5.74, 6) is -0.152. The molecule has 1 aliphatic rings. The smallest absolute Gasteiger partial charge is 0.211 e. The second-order valence-corrected chi connectivity index (χ2v) is 6.97. The van der Waals surface area contributed by atoms with Gasteiger partial charge >= 0.3 is 0 Å². The molecule has 7 heteroatoms. The summed E-state index contributed by atoms with van der Waals surface area (Å²) in [6.45, 7) is 3.16. The van der Waals surface area contributed by atoms with Gasteiger partial charge in [-0.05, 0) is 24.3 Å². The fourth-order valence-corrected chi connectivity index (χ4v) is 3.60. The Kier molecular flexibility index (Phi) is 4.76. The van der Waals surface area contributed by atoms with Gasteiger partial charge in [0.15, 0.2) is 0 Å². The molecule has 27 heavy (non-hydrogen) atoms. The molecule has 0 bridgehead atoms. The van der Waals surface area contributed by atoms with Crippen LogP contribution in [0, 0.1) is 5.82 Å². The second kappa shape index (κ2) is 7.21. The largest absolute Gasteiger partial charge is 0.507 e. The predicted octanol–water partition coefficient (Wildman–Crippen LogP) is 3.61. The number of halogens is 2. The quantitative estimate of drug-likeness (QED) is 0.742. The summed E-state index contributed by atoms with van der Waals surface area (Å²) in [5.41, 5.74) is 1.19. The van der Waals surface area contributed by atoms with Crippen molar-refractivity contribution in [1.82, 2.24) is 4.90 Å². The summed E-state index contributed by atoms with van der Waals surface area (Å²) in [7, 11) is 0. The highest BCUT2D eigenvalue weighted by atomic mass is 35.5. The van der Waals surface area contributed by atoms with E-state index in [1.54, 1.807) is 12.1 Å². The number of phenols is 1. The van der Waals surface area contributed by atoms with Crippen LogP contribution in [0.25, 0.3) is 11.0 Å². The van der Waals surface area contributed by atoms with Crippen molar-refractivity contribution in [2.75, 3.05) is 31.1 Å². The Hall–Kier alpha value is -2.57. The molecule has 1 fully saturated rings. The number of para-hydroxylation sites is 1. The predicted molar refractivity (Wildman–Crippen MR) is 103 cm³/mol. The van der Waals surface area contributed by atoms with Gasteiger partial charge in [0.2, 0.25) is 5.43 Å². The van der Waals surface area contributed by atoms with Gasteiger partial charge in [0.05, 0.1) is 16.6 Å². The molecule has 2 heterocycles. The summed E-state index contributed by atoms with van der Waals surface area (Å²) in [5, 5.41) is 10.6. The molecule has 0 spiro atoms. The van der Waals surface area contributed by atoms with E-state index in [0.29, 0.717) is 54.9 Å². The van der Waals surface area contributed by atoms with E-state index in [1.807, 2.05) is 11.0 Å². The molecule has 1 saturated heterocycles. The van der Waals surface area contributed by atoms with Gasteiger partial charge in [-0.25, -0.2) is 4.39 Å². The van der Waals surface area contributed by atoms with E-state index in [1.165, 1.54) is 24.5 Å². The van der Waals surface area contributed by atoms with E-state index in [9.17, 15) is 14.3 Å². The molecule has 1 aromatic heterocycles. The molecular formula is C20H18ClFN2O3. The molecule has 1 aliphatic heterocycles. The number of phenolic OH excluding ortho intramolecular Hbond substituents is 1. The van der Waals surface area contributed by atoms with Crippen LogP contribution in [0.15, 0.2) is 51.9 Å². The maximum atomic E-state index is 14.0. The fraction of sp³-hybridized carbons (Fsp3) is 0.250. The van der Waals surface area contributed by atoms with Crippen LogP contribution < -0.4 is 10.3 Å². The Balaban J connectivity index is 1.54. The summed E-state index contributed by atoms with van der Waals surface area (Å²) >= 11 is 5.84. The van der Waals surface area contributed by atoms with E-state index in [0.717, 1.165) is 0 Å². The molecule has 0 unspecified atom stereocenters. The van der Waals surface area contributed by atoms with Crippen LogP contribution in [0.4, 0.5) is 10.1 Å². The third kappa shape index (κ3) is 3.38. The minimum atomic E-state index is -0.316. The standard InChI is InChI=1S/C20H18ClFN2O3/c21-15-12-27-20-13(19(15)26)5-6-18(25)14(20)11-23-7-9-24(10-8-23)17-4-2-1-3-16(17)22/h1-6,12,25H,7-11H2. The third-order valence-corrected chi connectivity index (χ3v) is 5.19. The van der Waals surface area contributed by atoms with Crippen LogP contribution in [-0.2, 0) is 6.54 Å². The monoisotopic (exact) mass is 388 g/mol. The normalized spacial score (nSPS) is 15.4. The van der Waals surface area contributed by atoms with Crippen molar-refractivity contribution in [3.63, 3.8) is 0 Å². The third-order valence-electron chi connectivity index (χ3n) is 4.92. The van der Waals surface area contributed by atoms with Crippen LogP contribution in [0.2, 0.25) is 5.02 Å². The fourth-order valence-electron chi connectivity index (χ4n) is 3.46. The summed E-state index contributed by atoms with van der Waals surface area (Å²) in [4.78, 5) is 16.3. The van der Waals surface area contributed by atoms with Crippen molar-refractivity contribution in [3.05, 3.63) is 69.3 Å². The number of rotatable bonds is 3. The SMILES string of the molecule is O=c1c(Cl)coc2c(CN3CCN(c4ccccc4F)CC3)c(O)ccc12. The van der Waals surface area contributed by atoms with Gasteiger partial charge in [0.25, 0.3) is 0 Å². The first-order valence-electron chi connectivity index (χ1n) is 8.68. The van der Waals surface area contributed by atoms with E-state index >= 15 is 0 Å². The van der Waals surface area contributed by atoms with Crippen molar-refractivity contribution >= 4 is 28.3 Å². The summed E-state index contributed by atoms with van der Waals surface area (Å²) < 4.78 is 19.5. The molecule has 0 amide bonds. The van der Waals surface area contributed by atoms with Gasteiger partial charge in [-0.15, -0.1) is 0 Å². The topological polar surface area (TPSA) is 56.9 Å². The highest BCUT2D eigenvalue weighted by Crippen LogP contribution is 2.29. The number of anilines is 1. The first-order valence-corrected chi connectivity index (χ1v) is 9.06. The number of piperazine rings is 1.